The number of thioether (sulfide) groups is 1. The molecule has 1 aliphatic rings. The van der Waals surface area contributed by atoms with Crippen LogP contribution < -0.4 is 20.1 Å². The van der Waals surface area contributed by atoms with E-state index in [-0.39, 0.29) is 11.3 Å². The maximum atomic E-state index is 13.9. The highest BCUT2D eigenvalue weighted by Gasteiger charge is 2.34. The number of hydrogen-bond donors (Lipinski definition) is 2. The zero-order chi connectivity index (χ0) is 30.6. The molecule has 1 aromatic heterocycles. The Hall–Kier alpha value is -4.24. The number of rotatable bonds is 10. The number of benzene rings is 3. The third kappa shape index (κ3) is 6.88. The van der Waals surface area contributed by atoms with E-state index < -0.39 is 6.04 Å². The van der Waals surface area contributed by atoms with Crippen LogP contribution in [0.25, 0.3) is 0 Å². The van der Waals surface area contributed by atoms with Crippen LogP contribution in [0.2, 0.25) is 0 Å². The predicted molar refractivity (Wildman–Crippen MR) is 173 cm³/mol. The summed E-state index contributed by atoms with van der Waals surface area (Å²) in [5.74, 6) is 2.56. The average Bonchev–Trinajstić information content (AvgIpc) is 3.38. The highest BCUT2D eigenvalue weighted by atomic mass is 32.2. The normalized spacial score (nSPS) is 14.6. The van der Waals surface area contributed by atoms with Crippen LogP contribution in [0.4, 0.5) is 11.6 Å². The summed E-state index contributed by atoms with van der Waals surface area (Å²) < 4.78 is 13.7. The fourth-order valence-corrected chi connectivity index (χ4v) is 5.53. The number of amides is 1. The Labute approximate surface area is 257 Å². The molecule has 1 atom stereocenters. The first-order chi connectivity index (χ1) is 20.7. The van der Waals surface area contributed by atoms with E-state index in [2.05, 4.69) is 67.6 Å². The first-order valence-electron chi connectivity index (χ1n) is 14.6. The molecule has 2 N–H and O–H groups in total. The molecule has 43 heavy (non-hydrogen) atoms. The van der Waals surface area contributed by atoms with Crippen molar-refractivity contribution >= 4 is 29.3 Å². The van der Waals surface area contributed by atoms with Crippen molar-refractivity contribution in [1.29, 1.82) is 0 Å². The Morgan fingerprint density at radius 1 is 1.00 bits per heavy atom. The van der Waals surface area contributed by atoms with Crippen LogP contribution in [0, 0.1) is 0 Å². The zero-order valence-corrected chi connectivity index (χ0v) is 26.4. The van der Waals surface area contributed by atoms with Gasteiger partial charge in [-0.05, 0) is 66.0 Å². The maximum Gasteiger partial charge on any atom is 0.255 e. The molecule has 0 fully saturated rings. The molecule has 0 saturated heterocycles. The number of carbonyl (C=O) groups is 1. The van der Waals surface area contributed by atoms with Gasteiger partial charge in [0.05, 0.1) is 17.9 Å². The number of anilines is 2. The average molecular weight is 598 g/mol. The van der Waals surface area contributed by atoms with Crippen molar-refractivity contribution in [1.82, 2.24) is 14.8 Å². The van der Waals surface area contributed by atoms with Gasteiger partial charge in [-0.2, -0.15) is 4.98 Å². The van der Waals surface area contributed by atoms with E-state index in [0.717, 1.165) is 22.6 Å². The number of para-hydroxylation sites is 2. The Morgan fingerprint density at radius 2 is 1.72 bits per heavy atom. The summed E-state index contributed by atoms with van der Waals surface area (Å²) in [6.07, 6.45) is 0. The third-order valence-electron chi connectivity index (χ3n) is 7.21. The highest BCUT2D eigenvalue weighted by Crippen LogP contribution is 2.38. The predicted octanol–water partition coefficient (Wildman–Crippen LogP) is 7.59. The standard InChI is InChI=1S/C34H39N5O3S/c1-7-41-28-12-10-9-11-27(28)36-31(40)29-22(3)35-32-37-33(43-8-2)38-39(32)30(29)24-15-19-26(20-16-24)42-21-23-13-17-25(18-14-23)34(4,5)6/h9-20,30H,7-8,21H2,1-6H3,(H,36,40)(H,35,37,38). The lowest BCUT2D eigenvalue weighted by Gasteiger charge is -2.29. The fraction of sp³-hybridized carbons (Fsp3) is 0.324. The second-order valence-corrected chi connectivity index (χ2v) is 12.6. The van der Waals surface area contributed by atoms with Crippen molar-refractivity contribution < 1.29 is 14.3 Å². The third-order valence-corrected chi connectivity index (χ3v) is 7.93. The zero-order valence-electron chi connectivity index (χ0n) is 25.6. The summed E-state index contributed by atoms with van der Waals surface area (Å²) >= 11 is 1.56. The van der Waals surface area contributed by atoms with Crippen molar-refractivity contribution in [2.24, 2.45) is 0 Å². The molecule has 5 rings (SSSR count). The molecule has 2 heterocycles. The van der Waals surface area contributed by atoms with Gasteiger partial charge >= 0.3 is 0 Å². The fourth-order valence-electron chi connectivity index (χ4n) is 4.98. The number of nitrogens with one attached hydrogen (secondary N) is 2. The Bertz CT molecular complexity index is 1600. The highest BCUT2D eigenvalue weighted by molar-refractivity contribution is 7.99. The van der Waals surface area contributed by atoms with Crippen LogP contribution in [0.1, 0.15) is 64.3 Å². The van der Waals surface area contributed by atoms with E-state index in [4.69, 9.17) is 14.6 Å². The summed E-state index contributed by atoms with van der Waals surface area (Å²) in [6, 6.07) is 23.4. The number of hydrogen-bond acceptors (Lipinski definition) is 7. The van der Waals surface area contributed by atoms with E-state index in [9.17, 15) is 4.79 Å². The van der Waals surface area contributed by atoms with Crippen LogP contribution in [-0.2, 0) is 16.8 Å². The van der Waals surface area contributed by atoms with Gasteiger partial charge in [0.15, 0.2) is 0 Å². The van der Waals surface area contributed by atoms with Gasteiger partial charge in [0.2, 0.25) is 11.1 Å². The molecule has 1 unspecified atom stereocenters. The SMILES string of the molecule is CCOc1ccccc1NC(=O)C1=C(C)Nc2nc(SCC)nn2C1c1ccc(OCc2ccc(C(C)(C)C)cc2)cc1. The largest absolute Gasteiger partial charge is 0.492 e. The van der Waals surface area contributed by atoms with E-state index in [1.165, 1.54) is 5.56 Å². The second kappa shape index (κ2) is 13.0. The molecule has 0 saturated carbocycles. The van der Waals surface area contributed by atoms with Crippen LogP contribution in [0.3, 0.4) is 0 Å². The molecular formula is C34H39N5O3S. The van der Waals surface area contributed by atoms with Gasteiger partial charge in [0, 0.05) is 5.70 Å². The summed E-state index contributed by atoms with van der Waals surface area (Å²) in [7, 11) is 0. The summed E-state index contributed by atoms with van der Waals surface area (Å²) in [5.41, 5.74) is 5.27. The van der Waals surface area contributed by atoms with Crippen LogP contribution in [0.15, 0.2) is 89.2 Å². The number of nitrogens with zero attached hydrogens (tertiary/aromatic N) is 3. The van der Waals surface area contributed by atoms with Gasteiger partial charge < -0.3 is 20.1 Å². The Morgan fingerprint density at radius 3 is 2.40 bits per heavy atom. The number of fused-ring (bicyclic) bond motifs is 1. The number of carbonyl (C=O) groups excluding carboxylic acids is 1. The minimum absolute atomic E-state index is 0.110. The lowest BCUT2D eigenvalue weighted by atomic mass is 9.87. The number of aromatic nitrogens is 3. The molecule has 224 valence electrons. The van der Waals surface area contributed by atoms with Gasteiger partial charge in [-0.15, -0.1) is 5.10 Å². The molecule has 0 spiro atoms. The summed E-state index contributed by atoms with van der Waals surface area (Å²) in [5, 5.41) is 11.8. The van der Waals surface area contributed by atoms with E-state index in [1.807, 2.05) is 62.4 Å². The number of allylic oxidation sites excluding steroid dienone is 1. The molecule has 1 aliphatic heterocycles. The number of ether oxygens (including phenoxy) is 2. The summed E-state index contributed by atoms with van der Waals surface area (Å²) in [6.45, 7) is 13.5. The minimum atomic E-state index is -0.492. The van der Waals surface area contributed by atoms with Crippen molar-refractivity contribution in [2.45, 2.75) is 64.8 Å². The second-order valence-electron chi connectivity index (χ2n) is 11.3. The van der Waals surface area contributed by atoms with Crippen LogP contribution >= 0.6 is 11.8 Å². The van der Waals surface area contributed by atoms with Gasteiger partial charge in [0.1, 0.15) is 24.1 Å². The van der Waals surface area contributed by atoms with Gasteiger partial charge in [-0.25, -0.2) is 4.68 Å². The van der Waals surface area contributed by atoms with Crippen molar-refractivity contribution in [3.05, 3.63) is 101 Å². The van der Waals surface area contributed by atoms with Crippen molar-refractivity contribution in [3.63, 3.8) is 0 Å². The molecule has 3 aromatic carbocycles. The van der Waals surface area contributed by atoms with E-state index >= 15 is 0 Å². The lowest BCUT2D eigenvalue weighted by molar-refractivity contribution is -0.113. The van der Waals surface area contributed by atoms with E-state index in [0.29, 0.717) is 47.0 Å². The molecule has 0 bridgehead atoms. The quantitative estimate of drug-likeness (QED) is 0.182. The lowest BCUT2D eigenvalue weighted by Crippen LogP contribution is -2.31. The molecule has 4 aromatic rings. The van der Waals surface area contributed by atoms with E-state index in [1.54, 1.807) is 16.4 Å². The van der Waals surface area contributed by atoms with Gasteiger partial charge in [0.25, 0.3) is 5.91 Å². The smallest absolute Gasteiger partial charge is 0.255 e. The Kier molecular flexibility index (Phi) is 9.11. The van der Waals surface area contributed by atoms with Gasteiger partial charge in [-0.3, -0.25) is 4.79 Å². The molecule has 9 heteroatoms. The summed E-state index contributed by atoms with van der Waals surface area (Å²) in [4.78, 5) is 18.6. The molecular weight excluding hydrogens is 558 g/mol. The van der Waals surface area contributed by atoms with Crippen LogP contribution in [0.5, 0.6) is 11.5 Å². The first kappa shape index (κ1) is 30.2. The first-order valence-corrected chi connectivity index (χ1v) is 15.6. The molecule has 1 amide bonds. The van der Waals surface area contributed by atoms with Crippen molar-refractivity contribution in [3.8, 4) is 11.5 Å². The molecule has 8 nitrogen and oxygen atoms in total. The molecule has 0 radical (unpaired) electrons. The Balaban J connectivity index is 1.41. The maximum absolute atomic E-state index is 13.9. The monoisotopic (exact) mass is 597 g/mol. The van der Waals surface area contributed by atoms with Crippen LogP contribution in [-0.4, -0.2) is 33.0 Å². The van der Waals surface area contributed by atoms with Gasteiger partial charge in [-0.1, -0.05) is 88.0 Å². The van der Waals surface area contributed by atoms with Crippen molar-refractivity contribution in [2.75, 3.05) is 23.0 Å². The minimum Gasteiger partial charge on any atom is -0.492 e. The topological polar surface area (TPSA) is 90.3 Å². The molecule has 0 aliphatic carbocycles.